The average molecular weight is 341 g/mol. The Labute approximate surface area is 141 Å². The van der Waals surface area contributed by atoms with E-state index >= 15 is 0 Å². The minimum absolute atomic E-state index is 0.110. The lowest BCUT2D eigenvalue weighted by molar-refractivity contribution is -0.116. The van der Waals surface area contributed by atoms with Crippen LogP contribution in [0, 0.1) is 0 Å². The second kappa shape index (κ2) is 6.04. The van der Waals surface area contributed by atoms with Crippen LogP contribution in [-0.4, -0.2) is 32.9 Å². The first kappa shape index (κ1) is 14.8. The summed E-state index contributed by atoms with van der Waals surface area (Å²) < 4.78 is 1.79. The topological polar surface area (TPSA) is 88.9 Å². The molecule has 2 N–H and O–H groups in total. The van der Waals surface area contributed by atoms with Gasteiger partial charge in [0.15, 0.2) is 5.13 Å². The number of nitrogens with zero attached hydrogens (tertiary/aromatic N) is 3. The summed E-state index contributed by atoms with van der Waals surface area (Å²) in [7, 11) is 0. The van der Waals surface area contributed by atoms with E-state index in [1.807, 2.05) is 24.3 Å². The van der Waals surface area contributed by atoms with Gasteiger partial charge < -0.3 is 15.2 Å². The van der Waals surface area contributed by atoms with Gasteiger partial charge in [0.25, 0.3) is 5.91 Å². The molecule has 0 saturated carbocycles. The van der Waals surface area contributed by atoms with E-state index in [1.54, 1.807) is 10.9 Å². The third-order valence-electron chi connectivity index (χ3n) is 3.87. The van der Waals surface area contributed by atoms with Gasteiger partial charge >= 0.3 is 0 Å². The first-order valence-corrected chi connectivity index (χ1v) is 8.50. The predicted molar refractivity (Wildman–Crippen MR) is 91.1 cm³/mol. The molecule has 7 nitrogen and oxygen atoms in total. The summed E-state index contributed by atoms with van der Waals surface area (Å²) in [6.07, 6.45) is 3.25. The van der Waals surface area contributed by atoms with Crippen LogP contribution in [-0.2, 0) is 17.8 Å². The molecular weight excluding hydrogens is 326 g/mol. The van der Waals surface area contributed by atoms with E-state index in [0.717, 1.165) is 29.6 Å². The fourth-order valence-corrected chi connectivity index (χ4v) is 3.68. The average Bonchev–Trinajstić information content (AvgIpc) is 3.12. The number of para-hydroxylation sites is 2. The van der Waals surface area contributed by atoms with Crippen LogP contribution in [0.2, 0.25) is 0 Å². The van der Waals surface area contributed by atoms with Gasteiger partial charge in [0.05, 0.1) is 23.1 Å². The van der Waals surface area contributed by atoms with Crippen LogP contribution < -0.4 is 10.6 Å². The molecule has 0 fully saturated rings. The number of carbonyl (C=O) groups is 2. The maximum atomic E-state index is 12.3. The molecule has 2 amide bonds. The second-order valence-electron chi connectivity index (χ2n) is 5.56. The highest BCUT2D eigenvalue weighted by Gasteiger charge is 2.21. The number of fused-ring (bicyclic) bond motifs is 2. The van der Waals surface area contributed by atoms with Gasteiger partial charge in [-0.2, -0.15) is 0 Å². The van der Waals surface area contributed by atoms with Crippen LogP contribution in [0.3, 0.4) is 0 Å². The highest BCUT2D eigenvalue weighted by molar-refractivity contribution is 7.17. The Morgan fingerprint density at radius 1 is 1.38 bits per heavy atom. The fourth-order valence-electron chi connectivity index (χ4n) is 2.74. The Bertz CT molecular complexity index is 930. The summed E-state index contributed by atoms with van der Waals surface area (Å²) in [6, 6.07) is 7.65. The number of aromatic nitrogens is 3. The van der Waals surface area contributed by atoms with Crippen molar-refractivity contribution in [3.8, 4) is 0 Å². The van der Waals surface area contributed by atoms with Gasteiger partial charge in [-0.15, -0.1) is 0 Å². The number of anilines is 1. The lowest BCUT2D eigenvalue weighted by atomic mass is 10.2. The SMILES string of the molecule is O=C(Cn1cnc2ccccc21)Nc1nc2c(s1)C(=O)NCCC2. The van der Waals surface area contributed by atoms with Crippen LogP contribution in [0.1, 0.15) is 21.8 Å². The highest BCUT2D eigenvalue weighted by Crippen LogP contribution is 2.25. The molecule has 8 heteroatoms. The largest absolute Gasteiger partial charge is 0.351 e. The van der Waals surface area contributed by atoms with Gasteiger partial charge in [-0.25, -0.2) is 9.97 Å². The summed E-state index contributed by atoms with van der Waals surface area (Å²) in [6.45, 7) is 0.814. The van der Waals surface area contributed by atoms with E-state index in [4.69, 9.17) is 0 Å². The smallest absolute Gasteiger partial charge is 0.263 e. The van der Waals surface area contributed by atoms with Gasteiger partial charge in [-0.05, 0) is 25.0 Å². The van der Waals surface area contributed by atoms with Crippen LogP contribution in [0.5, 0.6) is 0 Å². The van der Waals surface area contributed by atoms with Crippen LogP contribution in [0.25, 0.3) is 11.0 Å². The van der Waals surface area contributed by atoms with Gasteiger partial charge in [-0.3, -0.25) is 9.59 Å². The molecule has 122 valence electrons. The number of imidazole rings is 1. The number of thiazole rings is 1. The van der Waals surface area contributed by atoms with Crippen molar-refractivity contribution in [2.24, 2.45) is 0 Å². The summed E-state index contributed by atoms with van der Waals surface area (Å²) >= 11 is 1.22. The first-order valence-electron chi connectivity index (χ1n) is 7.68. The molecular formula is C16H15N5O2S. The van der Waals surface area contributed by atoms with Crippen molar-refractivity contribution in [3.63, 3.8) is 0 Å². The maximum absolute atomic E-state index is 12.3. The lowest BCUT2D eigenvalue weighted by Gasteiger charge is -2.04. The van der Waals surface area contributed by atoms with Crippen LogP contribution in [0.15, 0.2) is 30.6 Å². The molecule has 1 aliphatic heterocycles. The molecule has 24 heavy (non-hydrogen) atoms. The first-order chi connectivity index (χ1) is 11.7. The van der Waals surface area contributed by atoms with Crippen molar-refractivity contribution in [3.05, 3.63) is 41.2 Å². The minimum atomic E-state index is -0.192. The van der Waals surface area contributed by atoms with E-state index in [-0.39, 0.29) is 18.4 Å². The normalized spacial score (nSPS) is 14.1. The third-order valence-corrected chi connectivity index (χ3v) is 4.88. The Balaban J connectivity index is 1.50. The number of hydrogen-bond donors (Lipinski definition) is 2. The van der Waals surface area contributed by atoms with Crippen molar-refractivity contribution in [2.75, 3.05) is 11.9 Å². The van der Waals surface area contributed by atoms with E-state index < -0.39 is 0 Å². The summed E-state index contributed by atoms with van der Waals surface area (Å²) in [4.78, 5) is 33.5. The molecule has 0 spiro atoms. The lowest BCUT2D eigenvalue weighted by Crippen LogP contribution is -2.21. The van der Waals surface area contributed by atoms with Crippen molar-refractivity contribution in [1.82, 2.24) is 19.9 Å². The number of aryl methyl sites for hydroxylation is 1. The summed E-state index contributed by atoms with van der Waals surface area (Å²) in [5.41, 5.74) is 2.52. The fraction of sp³-hybridized carbons (Fsp3) is 0.250. The monoisotopic (exact) mass is 341 g/mol. The number of carbonyl (C=O) groups excluding carboxylic acids is 2. The minimum Gasteiger partial charge on any atom is -0.351 e. The molecule has 0 unspecified atom stereocenters. The summed E-state index contributed by atoms with van der Waals surface area (Å²) in [5.74, 6) is -0.302. The standard InChI is InChI=1S/C16H15N5O2S/c22-13(8-21-9-18-10-4-1-2-6-12(10)21)20-16-19-11-5-3-7-17-15(23)14(11)24-16/h1-2,4,6,9H,3,5,7-8H2,(H,17,23)(H,19,20,22). The Hall–Kier alpha value is -2.74. The van der Waals surface area contributed by atoms with E-state index in [1.165, 1.54) is 11.3 Å². The molecule has 1 aliphatic rings. The van der Waals surface area contributed by atoms with E-state index in [0.29, 0.717) is 16.6 Å². The predicted octanol–water partition coefficient (Wildman–Crippen LogP) is 1.81. The molecule has 0 bridgehead atoms. The molecule has 4 rings (SSSR count). The molecule has 2 aromatic heterocycles. The van der Waals surface area contributed by atoms with Crippen LogP contribution >= 0.6 is 11.3 Å². The Kier molecular flexibility index (Phi) is 3.73. The zero-order chi connectivity index (χ0) is 16.5. The zero-order valence-corrected chi connectivity index (χ0v) is 13.6. The van der Waals surface area contributed by atoms with Gasteiger partial charge in [-0.1, -0.05) is 23.5 Å². The van der Waals surface area contributed by atoms with Crippen molar-refractivity contribution in [2.45, 2.75) is 19.4 Å². The molecule has 1 aromatic carbocycles. The summed E-state index contributed by atoms with van der Waals surface area (Å²) in [5, 5.41) is 6.08. The zero-order valence-electron chi connectivity index (χ0n) is 12.8. The number of nitrogens with one attached hydrogen (secondary N) is 2. The van der Waals surface area contributed by atoms with Crippen LogP contribution in [0.4, 0.5) is 5.13 Å². The Morgan fingerprint density at radius 3 is 3.17 bits per heavy atom. The Morgan fingerprint density at radius 2 is 2.25 bits per heavy atom. The molecule has 0 saturated heterocycles. The van der Waals surface area contributed by atoms with Crippen molar-refractivity contribution >= 4 is 39.3 Å². The molecule has 3 heterocycles. The number of amides is 2. The number of hydrogen-bond acceptors (Lipinski definition) is 5. The van der Waals surface area contributed by atoms with Gasteiger partial charge in [0.1, 0.15) is 11.4 Å². The number of rotatable bonds is 3. The van der Waals surface area contributed by atoms with E-state index in [2.05, 4.69) is 20.6 Å². The van der Waals surface area contributed by atoms with E-state index in [9.17, 15) is 9.59 Å². The molecule has 0 radical (unpaired) electrons. The second-order valence-corrected chi connectivity index (χ2v) is 6.56. The van der Waals surface area contributed by atoms with Crippen molar-refractivity contribution in [1.29, 1.82) is 0 Å². The quantitative estimate of drug-likeness (QED) is 0.760. The maximum Gasteiger partial charge on any atom is 0.263 e. The van der Waals surface area contributed by atoms with Gasteiger partial charge in [0.2, 0.25) is 5.91 Å². The highest BCUT2D eigenvalue weighted by atomic mass is 32.1. The molecule has 0 atom stereocenters. The van der Waals surface area contributed by atoms with Crippen molar-refractivity contribution < 1.29 is 9.59 Å². The molecule has 0 aliphatic carbocycles. The molecule has 3 aromatic rings. The third kappa shape index (κ3) is 2.76. The number of benzene rings is 1. The van der Waals surface area contributed by atoms with Gasteiger partial charge in [0, 0.05) is 6.54 Å².